The maximum atomic E-state index is 16.5. The minimum absolute atomic E-state index is 0.0948. The van der Waals surface area contributed by atoms with Crippen LogP contribution < -0.4 is 5.32 Å². The van der Waals surface area contributed by atoms with Gasteiger partial charge in [0.15, 0.2) is 0 Å². The van der Waals surface area contributed by atoms with E-state index in [0.29, 0.717) is 95.1 Å². The van der Waals surface area contributed by atoms with E-state index < -0.39 is 74.9 Å². The molecule has 7 heterocycles. The summed E-state index contributed by atoms with van der Waals surface area (Å²) < 4.78 is 87.8. The normalized spacial score (nSPS) is 25.2. The molecule has 3 amide bonds. The molecule has 9 rings (SSSR count). The second kappa shape index (κ2) is 19.8. The first-order valence-electron chi connectivity index (χ1n) is 22.3. The molecule has 5 atom stereocenters. The molecule has 66 heavy (non-hydrogen) atoms. The number of alkyl halides is 2. The SMILES string of the molecule is O=C(OCOP(=O)(OCOC(=O)OC1CCOCC1)C(F)(F)c1ccc2sc(C(=O)N[C@H]3C[C@H]4C[C@H]4C[C@H]4CC[C@@H](C(=O)N5CC(c6cccnc6)C5)N4C3=O)cc2c1)OC1CCOCC1. The fraction of sp³-hybridized carbons (Fsp3) is 0.591. The van der Waals surface area contributed by atoms with E-state index in [0.717, 1.165) is 41.9 Å². The van der Waals surface area contributed by atoms with Crippen molar-refractivity contribution in [3.8, 4) is 0 Å². The number of rotatable bonds is 14. The van der Waals surface area contributed by atoms with Crippen molar-refractivity contribution in [3.05, 3.63) is 64.8 Å². The number of carbonyl (C=O) groups is 5. The zero-order valence-electron chi connectivity index (χ0n) is 35.9. The summed E-state index contributed by atoms with van der Waals surface area (Å²) >= 11 is 1.01. The molecule has 22 heteroatoms. The number of aromatic nitrogens is 1. The number of ether oxygens (including phenoxy) is 6. The number of likely N-dealkylation sites (tertiary alicyclic amines) is 1. The number of thiophene rings is 1. The summed E-state index contributed by atoms with van der Waals surface area (Å²) in [5.74, 6) is -0.169. The number of halogens is 2. The van der Waals surface area contributed by atoms with Gasteiger partial charge in [-0.25, -0.2) is 9.59 Å². The zero-order valence-corrected chi connectivity index (χ0v) is 37.6. The molecule has 0 radical (unpaired) electrons. The predicted molar refractivity (Wildman–Crippen MR) is 227 cm³/mol. The molecule has 6 fully saturated rings. The molecule has 1 aromatic carbocycles. The lowest BCUT2D eigenvalue weighted by molar-refractivity contribution is -0.149. The van der Waals surface area contributed by atoms with Crippen LogP contribution in [0.4, 0.5) is 18.4 Å². The van der Waals surface area contributed by atoms with Crippen molar-refractivity contribution in [1.82, 2.24) is 20.1 Å². The number of hydrogen-bond acceptors (Lipinski definition) is 16. The van der Waals surface area contributed by atoms with Gasteiger partial charge in [0.25, 0.3) is 5.91 Å². The molecule has 5 aliphatic heterocycles. The van der Waals surface area contributed by atoms with E-state index in [2.05, 4.69) is 10.3 Å². The maximum Gasteiger partial charge on any atom is 0.510 e. The summed E-state index contributed by atoms with van der Waals surface area (Å²) in [7, 11) is -5.70. The number of amides is 3. The van der Waals surface area contributed by atoms with Crippen molar-refractivity contribution in [2.75, 3.05) is 53.1 Å². The van der Waals surface area contributed by atoms with E-state index in [-0.39, 0.29) is 40.0 Å². The Morgan fingerprint density at radius 3 is 2.14 bits per heavy atom. The average molecular weight is 961 g/mol. The molecule has 3 aromatic rings. The van der Waals surface area contributed by atoms with Gasteiger partial charge in [-0.2, -0.15) is 8.78 Å². The van der Waals surface area contributed by atoms with Gasteiger partial charge in [0, 0.05) is 73.4 Å². The highest BCUT2D eigenvalue weighted by molar-refractivity contribution is 7.54. The predicted octanol–water partition coefficient (Wildman–Crippen LogP) is 6.67. The highest BCUT2D eigenvalue weighted by atomic mass is 32.1. The molecule has 1 saturated carbocycles. The monoisotopic (exact) mass is 960 g/mol. The Morgan fingerprint density at radius 1 is 0.848 bits per heavy atom. The first kappa shape index (κ1) is 46.3. The third-order valence-corrected chi connectivity index (χ3v) is 16.2. The average Bonchev–Trinajstić information content (AvgIpc) is 3.64. The first-order chi connectivity index (χ1) is 31.8. The highest BCUT2D eigenvalue weighted by Crippen LogP contribution is 2.67. The minimum Gasteiger partial charge on any atom is -0.431 e. The molecule has 6 aliphatic rings. The molecule has 356 valence electrons. The summed E-state index contributed by atoms with van der Waals surface area (Å²) in [4.78, 5) is 74.7. The van der Waals surface area contributed by atoms with Crippen LogP contribution in [0.25, 0.3) is 10.1 Å². The summed E-state index contributed by atoms with van der Waals surface area (Å²) in [6.07, 6.45) is 4.87. The number of carbonyl (C=O) groups excluding carboxylic acids is 5. The van der Waals surface area contributed by atoms with Crippen molar-refractivity contribution in [2.24, 2.45) is 11.8 Å². The smallest absolute Gasteiger partial charge is 0.431 e. The standard InChI is InChI=1S/C44H51F2N4O14PS/c45-44(46,65(56,61-24-59-42(54)63-33-7-12-57-13-8-33)62-25-60-43(55)64-34-9-14-58-15-10-34)31-3-6-37-29(17-31)20-38(66-37)39(51)48-35-19-28-16-27(28)18-32-4-5-36(50(32)40(35)52)41(53)49-22-30(23-49)26-2-1-11-47-21-26/h1-3,6,11,17,20-21,27-28,30,32-36H,4-5,7-10,12-16,18-19,22-25H2,(H,48,51)/t27-,28+,32+,35-,36-/m0/s1. The molecule has 1 N–H and O–H groups in total. The summed E-state index contributed by atoms with van der Waals surface area (Å²) in [6, 6.07) is 6.90. The van der Waals surface area contributed by atoms with Crippen LogP contribution in [0.2, 0.25) is 0 Å². The van der Waals surface area contributed by atoms with Crippen LogP contribution in [0.1, 0.15) is 84.5 Å². The fourth-order valence-corrected chi connectivity index (χ4v) is 11.7. The van der Waals surface area contributed by atoms with Gasteiger partial charge in [0.2, 0.25) is 25.4 Å². The van der Waals surface area contributed by atoms with Gasteiger partial charge in [-0.3, -0.25) is 33.0 Å². The van der Waals surface area contributed by atoms with Crippen molar-refractivity contribution in [2.45, 2.75) is 99.7 Å². The Hall–Kier alpha value is -4.79. The van der Waals surface area contributed by atoms with Gasteiger partial charge in [-0.1, -0.05) is 12.1 Å². The lowest BCUT2D eigenvalue weighted by atomic mass is 9.92. The maximum absolute atomic E-state index is 16.5. The van der Waals surface area contributed by atoms with Crippen molar-refractivity contribution in [3.63, 3.8) is 0 Å². The van der Waals surface area contributed by atoms with E-state index in [9.17, 15) is 28.5 Å². The van der Waals surface area contributed by atoms with Crippen LogP contribution in [-0.2, 0) is 57.3 Å². The number of fused-ring (bicyclic) bond motifs is 3. The molecule has 18 nitrogen and oxygen atoms in total. The summed E-state index contributed by atoms with van der Waals surface area (Å²) in [6.45, 7) is -0.0741. The van der Waals surface area contributed by atoms with Gasteiger partial charge in [-0.05, 0) is 79.2 Å². The molecule has 5 saturated heterocycles. The van der Waals surface area contributed by atoms with Crippen LogP contribution in [0.15, 0.2) is 48.8 Å². The van der Waals surface area contributed by atoms with Crippen LogP contribution in [0.5, 0.6) is 0 Å². The molecular formula is C44H51F2N4O14PS. The van der Waals surface area contributed by atoms with Gasteiger partial charge in [0.05, 0.1) is 31.3 Å². The third-order valence-electron chi connectivity index (χ3n) is 13.3. The van der Waals surface area contributed by atoms with Crippen molar-refractivity contribution < 1.29 is 74.8 Å². The Balaban J connectivity index is 0.871. The lowest BCUT2D eigenvalue weighted by Crippen LogP contribution is -2.59. The molecular weight excluding hydrogens is 910 g/mol. The number of nitrogens with one attached hydrogen (secondary N) is 1. The van der Waals surface area contributed by atoms with Crippen molar-refractivity contribution >= 4 is 59.1 Å². The molecule has 0 bridgehead atoms. The van der Waals surface area contributed by atoms with E-state index in [1.807, 2.05) is 12.1 Å². The summed E-state index contributed by atoms with van der Waals surface area (Å²) in [5, 5.41) is 3.09. The number of nitrogens with zero attached hydrogens (tertiary/aromatic N) is 3. The number of hydrogen-bond donors (Lipinski definition) is 1. The van der Waals surface area contributed by atoms with Crippen LogP contribution in [0.3, 0.4) is 0 Å². The highest BCUT2D eigenvalue weighted by Gasteiger charge is 2.56. The molecule has 0 unspecified atom stereocenters. The zero-order chi connectivity index (χ0) is 46.0. The Labute approximate surface area is 382 Å². The largest absolute Gasteiger partial charge is 0.510 e. The number of benzene rings is 1. The topological polar surface area (TPSA) is 208 Å². The molecule has 1 aliphatic carbocycles. The second-order valence-electron chi connectivity index (χ2n) is 17.5. The number of pyridine rings is 1. The summed E-state index contributed by atoms with van der Waals surface area (Å²) in [5.41, 5.74) is -4.23. The van der Waals surface area contributed by atoms with Crippen molar-refractivity contribution in [1.29, 1.82) is 0 Å². The Bertz CT molecular complexity index is 2280. The van der Waals surface area contributed by atoms with Crippen LogP contribution in [-0.4, -0.2) is 128 Å². The quantitative estimate of drug-likeness (QED) is 0.102. The van der Waals surface area contributed by atoms with E-state index >= 15 is 8.78 Å². The van der Waals surface area contributed by atoms with Crippen LogP contribution >= 0.6 is 18.9 Å². The lowest BCUT2D eigenvalue weighted by Gasteiger charge is -2.43. The van der Waals surface area contributed by atoms with Gasteiger partial charge < -0.3 is 43.5 Å². The second-order valence-corrected chi connectivity index (χ2v) is 20.7. The third kappa shape index (κ3) is 10.2. The molecule has 0 spiro atoms. The van der Waals surface area contributed by atoms with Gasteiger partial charge >= 0.3 is 25.6 Å². The first-order valence-corrected chi connectivity index (χ1v) is 24.7. The van der Waals surface area contributed by atoms with Gasteiger partial charge in [-0.15, -0.1) is 11.3 Å². The Morgan fingerprint density at radius 2 is 1.50 bits per heavy atom. The van der Waals surface area contributed by atoms with Crippen LogP contribution in [0, 0.1) is 11.8 Å². The molecule has 2 aromatic heterocycles. The minimum atomic E-state index is -5.70. The van der Waals surface area contributed by atoms with Gasteiger partial charge in [0.1, 0.15) is 24.3 Å². The van der Waals surface area contributed by atoms with E-state index in [1.165, 1.54) is 12.1 Å². The van der Waals surface area contributed by atoms with E-state index in [1.54, 1.807) is 22.2 Å². The Kier molecular flexibility index (Phi) is 13.9. The fourth-order valence-electron chi connectivity index (χ4n) is 9.47. The van der Waals surface area contributed by atoms with E-state index in [4.69, 9.17) is 37.5 Å².